The lowest BCUT2D eigenvalue weighted by atomic mass is 10.1. The van der Waals surface area contributed by atoms with Crippen molar-refractivity contribution >= 4 is 36.4 Å². The number of nitrogens with zero attached hydrogens (tertiary/aromatic N) is 8. The van der Waals surface area contributed by atoms with Crippen LogP contribution in [0.25, 0.3) is 0 Å². The molecule has 1 N–H and O–H groups in total. The van der Waals surface area contributed by atoms with Crippen molar-refractivity contribution in [1.82, 2.24) is 39.2 Å². The second-order valence-corrected chi connectivity index (χ2v) is 25.8. The molecule has 0 spiro atoms. The summed E-state index contributed by atoms with van der Waals surface area (Å²) in [4.78, 5) is 94.8. The highest BCUT2D eigenvalue weighted by Crippen LogP contribution is 2.19. The molecule has 0 aliphatic carbocycles. The standard InChI is InChI=1S/C58H102N8O12/c1-54(2,3)74-49(69)62-32-19-29-60(37-40-63(50(70)75-55(4,5)6)31-18-28-59(36-39-62)27-17-16-22-48(67)68)44-46-23-25-47(26-24-46)45-61-30-20-33-65(52(72)77-57(10,11)12)42-43-66(53(73)78-58(13,14)15)35-21-34-64(41-38-61)51(71)76-56(7,8)9/h23-26H,16-22,27-45H2,1-15H3,(H,67,68). The molecule has 5 amide bonds. The van der Waals surface area contributed by atoms with Gasteiger partial charge >= 0.3 is 36.4 Å². The minimum atomic E-state index is -0.821. The Hall–Kier alpha value is -5.08. The number of hydrogen-bond acceptors (Lipinski definition) is 14. The molecule has 2 aliphatic heterocycles. The largest absolute Gasteiger partial charge is 0.481 e. The summed E-state index contributed by atoms with van der Waals surface area (Å²) in [5.41, 5.74) is -1.34. The van der Waals surface area contributed by atoms with E-state index in [4.69, 9.17) is 23.7 Å². The van der Waals surface area contributed by atoms with Crippen LogP contribution in [-0.2, 0) is 41.6 Å². The molecule has 20 heteroatoms. The van der Waals surface area contributed by atoms with Crippen molar-refractivity contribution in [2.75, 3.05) is 111 Å². The van der Waals surface area contributed by atoms with Crippen molar-refractivity contribution in [1.29, 1.82) is 0 Å². The molecule has 2 saturated heterocycles. The maximum absolute atomic E-state index is 13.7. The summed E-state index contributed by atoms with van der Waals surface area (Å²) in [6.07, 6.45) is 1.64. The average molecular weight is 1100 g/mol. The molecule has 20 nitrogen and oxygen atoms in total. The highest BCUT2D eigenvalue weighted by molar-refractivity contribution is 5.70. The fraction of sp³-hybridized carbons (Fsp3) is 0.793. The Morgan fingerprint density at radius 3 is 0.872 bits per heavy atom. The van der Waals surface area contributed by atoms with E-state index in [-0.39, 0.29) is 31.7 Å². The van der Waals surface area contributed by atoms with E-state index >= 15 is 0 Å². The smallest absolute Gasteiger partial charge is 0.410 e. The molecule has 2 fully saturated rings. The number of aliphatic carboxylic acids is 1. The van der Waals surface area contributed by atoms with E-state index in [0.717, 1.165) is 11.1 Å². The van der Waals surface area contributed by atoms with Crippen LogP contribution in [0.1, 0.15) is 160 Å². The van der Waals surface area contributed by atoms with Crippen molar-refractivity contribution in [3.05, 3.63) is 35.4 Å². The van der Waals surface area contributed by atoms with Crippen LogP contribution in [-0.4, -0.2) is 220 Å². The lowest BCUT2D eigenvalue weighted by Crippen LogP contribution is -2.47. The van der Waals surface area contributed by atoms with Crippen LogP contribution in [0.3, 0.4) is 0 Å². The number of benzene rings is 1. The van der Waals surface area contributed by atoms with E-state index in [9.17, 15) is 33.9 Å². The topological polar surface area (TPSA) is 195 Å². The molecule has 0 aromatic heterocycles. The van der Waals surface area contributed by atoms with Gasteiger partial charge in [0, 0.05) is 118 Å². The lowest BCUT2D eigenvalue weighted by molar-refractivity contribution is -0.137. The van der Waals surface area contributed by atoms with Gasteiger partial charge < -0.3 is 58.2 Å². The van der Waals surface area contributed by atoms with E-state index in [1.165, 1.54) is 0 Å². The maximum Gasteiger partial charge on any atom is 0.410 e. The first-order valence-corrected chi connectivity index (χ1v) is 28.5. The van der Waals surface area contributed by atoms with Crippen LogP contribution in [0.5, 0.6) is 0 Å². The summed E-state index contributed by atoms with van der Waals surface area (Å²) in [5, 5.41) is 9.23. The number of unbranched alkanes of at least 4 members (excludes halogenated alkanes) is 1. The highest BCUT2D eigenvalue weighted by Gasteiger charge is 2.30. The molecule has 0 saturated carbocycles. The van der Waals surface area contributed by atoms with Gasteiger partial charge in [0.1, 0.15) is 28.0 Å². The van der Waals surface area contributed by atoms with E-state index in [1.807, 2.05) is 104 Å². The second kappa shape index (κ2) is 31.1. The molecular weight excluding hydrogens is 1000 g/mol. The third-order valence-corrected chi connectivity index (χ3v) is 12.5. The SMILES string of the molecule is CC(C)(C)OC(=O)N1CCCN(Cc2ccc(CN3CCCN(C(=O)OC(C)(C)C)CCN(C(=O)OC(C)(C)C)CCCN(C(=O)OC(C)(C)C)CC3)cc2)CCN(C(=O)OC(C)(C)C)CCCN(CCCCC(=O)O)CC1. The Morgan fingerprint density at radius 2 is 0.603 bits per heavy atom. The second-order valence-electron chi connectivity index (χ2n) is 25.8. The van der Waals surface area contributed by atoms with Gasteiger partial charge in [-0.3, -0.25) is 14.6 Å². The first-order valence-electron chi connectivity index (χ1n) is 28.5. The average Bonchev–Trinajstić information content (AvgIpc) is 3.27. The fourth-order valence-corrected chi connectivity index (χ4v) is 8.79. The highest BCUT2D eigenvalue weighted by atomic mass is 16.6. The van der Waals surface area contributed by atoms with Crippen LogP contribution in [0.4, 0.5) is 24.0 Å². The number of amides is 5. The Balaban J connectivity index is 1.90. The van der Waals surface area contributed by atoms with Crippen molar-refractivity contribution in [3.63, 3.8) is 0 Å². The zero-order chi connectivity index (χ0) is 58.5. The first-order chi connectivity index (χ1) is 36.1. The molecule has 3 rings (SSSR count). The number of carboxylic acid groups (broad SMARTS) is 1. The number of carbonyl (C=O) groups is 6. The third-order valence-electron chi connectivity index (χ3n) is 12.5. The van der Waals surface area contributed by atoms with Crippen molar-refractivity contribution in [3.8, 4) is 0 Å². The van der Waals surface area contributed by atoms with Crippen molar-refractivity contribution in [2.24, 2.45) is 0 Å². The predicted molar refractivity (Wildman–Crippen MR) is 302 cm³/mol. The van der Waals surface area contributed by atoms with E-state index in [1.54, 1.807) is 24.5 Å². The predicted octanol–water partition coefficient (Wildman–Crippen LogP) is 9.62. The van der Waals surface area contributed by atoms with Crippen LogP contribution in [0.15, 0.2) is 24.3 Å². The Morgan fingerprint density at radius 1 is 0.359 bits per heavy atom. The van der Waals surface area contributed by atoms with E-state index in [0.29, 0.717) is 150 Å². The molecule has 2 heterocycles. The van der Waals surface area contributed by atoms with Crippen LogP contribution in [0.2, 0.25) is 0 Å². The summed E-state index contributed by atoms with van der Waals surface area (Å²) < 4.78 is 29.3. The van der Waals surface area contributed by atoms with Gasteiger partial charge in [0.25, 0.3) is 0 Å². The van der Waals surface area contributed by atoms with Gasteiger partial charge in [-0.05, 0) is 167 Å². The van der Waals surface area contributed by atoms with Crippen molar-refractivity contribution in [2.45, 2.75) is 190 Å². The summed E-state index contributed by atoms with van der Waals surface area (Å²) in [5.74, 6) is -0.821. The zero-order valence-electron chi connectivity index (χ0n) is 50.7. The quantitative estimate of drug-likeness (QED) is 0.181. The van der Waals surface area contributed by atoms with E-state index < -0.39 is 52.3 Å². The molecule has 0 atom stereocenters. The summed E-state index contributed by atoms with van der Waals surface area (Å²) in [6, 6.07) is 8.50. The third kappa shape index (κ3) is 29.2. The molecule has 446 valence electrons. The van der Waals surface area contributed by atoms with E-state index in [2.05, 4.69) is 39.0 Å². The fourth-order valence-electron chi connectivity index (χ4n) is 8.79. The summed E-state index contributed by atoms with van der Waals surface area (Å²) >= 11 is 0. The number of carbonyl (C=O) groups excluding carboxylic acids is 5. The zero-order valence-corrected chi connectivity index (χ0v) is 50.7. The number of ether oxygens (including phenoxy) is 5. The molecule has 1 aromatic rings. The molecule has 2 aliphatic rings. The normalized spacial score (nSPS) is 18.1. The first kappa shape index (κ1) is 67.2. The molecule has 1 aromatic carbocycles. The minimum Gasteiger partial charge on any atom is -0.481 e. The van der Waals surface area contributed by atoms with Gasteiger partial charge in [0.15, 0.2) is 0 Å². The number of hydrogen-bond donors (Lipinski definition) is 1. The number of carboxylic acids is 1. The van der Waals surface area contributed by atoms with Gasteiger partial charge in [-0.15, -0.1) is 0 Å². The van der Waals surface area contributed by atoms with Crippen LogP contribution in [0, 0.1) is 0 Å². The Kier molecular flexibility index (Phi) is 26.8. The molecular formula is C58H102N8O12. The van der Waals surface area contributed by atoms with Gasteiger partial charge in [-0.1, -0.05) is 24.3 Å². The van der Waals surface area contributed by atoms with Gasteiger partial charge in [0.2, 0.25) is 0 Å². The Bertz CT molecular complexity index is 2020. The lowest BCUT2D eigenvalue weighted by Gasteiger charge is -2.34. The summed E-state index contributed by atoms with van der Waals surface area (Å²) in [7, 11) is 0. The minimum absolute atomic E-state index is 0.0994. The molecule has 78 heavy (non-hydrogen) atoms. The van der Waals surface area contributed by atoms with Gasteiger partial charge in [-0.2, -0.15) is 0 Å². The van der Waals surface area contributed by atoms with Crippen LogP contribution < -0.4 is 0 Å². The maximum atomic E-state index is 13.7. The van der Waals surface area contributed by atoms with Crippen LogP contribution >= 0.6 is 0 Å². The van der Waals surface area contributed by atoms with Gasteiger partial charge in [0.05, 0.1) is 0 Å². The number of rotatable bonds is 9. The summed E-state index contributed by atoms with van der Waals surface area (Å²) in [6.45, 7) is 36.8. The monoisotopic (exact) mass is 1100 g/mol. The molecule has 0 bridgehead atoms. The molecule has 0 radical (unpaired) electrons. The molecule has 0 unspecified atom stereocenters. The Labute approximate surface area is 468 Å². The van der Waals surface area contributed by atoms with Crippen molar-refractivity contribution < 1.29 is 57.6 Å². The van der Waals surface area contributed by atoms with Gasteiger partial charge in [-0.25, -0.2) is 24.0 Å².